The van der Waals surface area contributed by atoms with E-state index in [0.717, 1.165) is 10.0 Å². The highest BCUT2D eigenvalue weighted by atomic mass is 79.9. The van der Waals surface area contributed by atoms with Crippen molar-refractivity contribution in [2.75, 3.05) is 0 Å². The van der Waals surface area contributed by atoms with E-state index in [1.165, 1.54) is 0 Å². The third-order valence-corrected chi connectivity index (χ3v) is 3.21. The van der Waals surface area contributed by atoms with E-state index < -0.39 is 5.97 Å². The molecule has 0 saturated carbocycles. The molecule has 2 N–H and O–H groups in total. The first-order valence-electron chi connectivity index (χ1n) is 5.68. The fourth-order valence-electron chi connectivity index (χ4n) is 1.58. The monoisotopic (exact) mass is 299 g/mol. The molecule has 0 amide bonds. The summed E-state index contributed by atoms with van der Waals surface area (Å²) >= 11 is 3.38. The van der Waals surface area contributed by atoms with Gasteiger partial charge in [0.2, 0.25) is 0 Å². The summed E-state index contributed by atoms with van der Waals surface area (Å²) in [6.07, 6.45) is 0.161. The molecule has 0 spiro atoms. The Morgan fingerprint density at radius 1 is 1.35 bits per heavy atom. The van der Waals surface area contributed by atoms with E-state index in [2.05, 4.69) is 21.2 Å². The van der Waals surface area contributed by atoms with E-state index in [0.29, 0.717) is 12.5 Å². The topological polar surface area (TPSA) is 49.3 Å². The third kappa shape index (κ3) is 5.33. The van der Waals surface area contributed by atoms with Gasteiger partial charge in [-0.3, -0.25) is 4.79 Å². The SMILES string of the molecule is CC(C)[C@@H](CC(=O)O)NCc1ccc(Br)cc1. The van der Waals surface area contributed by atoms with Crippen LogP contribution in [0.2, 0.25) is 0 Å². The summed E-state index contributed by atoms with van der Waals surface area (Å²) in [5, 5.41) is 12.1. The van der Waals surface area contributed by atoms with Crippen molar-refractivity contribution in [1.82, 2.24) is 5.32 Å². The Morgan fingerprint density at radius 3 is 2.41 bits per heavy atom. The van der Waals surface area contributed by atoms with Crippen LogP contribution < -0.4 is 5.32 Å². The van der Waals surface area contributed by atoms with Crippen molar-refractivity contribution in [1.29, 1.82) is 0 Å². The van der Waals surface area contributed by atoms with Gasteiger partial charge in [0.15, 0.2) is 0 Å². The maximum Gasteiger partial charge on any atom is 0.304 e. The van der Waals surface area contributed by atoms with Crippen LogP contribution in [0.5, 0.6) is 0 Å². The minimum atomic E-state index is -0.757. The predicted octanol–water partition coefficient (Wildman–Crippen LogP) is 3.04. The van der Waals surface area contributed by atoms with Crippen molar-refractivity contribution in [2.24, 2.45) is 5.92 Å². The van der Waals surface area contributed by atoms with Gasteiger partial charge in [0.25, 0.3) is 0 Å². The zero-order valence-electron chi connectivity index (χ0n) is 10.1. The largest absolute Gasteiger partial charge is 0.481 e. The van der Waals surface area contributed by atoms with Gasteiger partial charge >= 0.3 is 5.97 Å². The number of benzene rings is 1. The number of halogens is 1. The summed E-state index contributed by atoms with van der Waals surface area (Å²) in [5.41, 5.74) is 1.16. The number of carbonyl (C=O) groups is 1. The van der Waals surface area contributed by atoms with Crippen LogP contribution in [0, 0.1) is 5.92 Å². The molecule has 0 aliphatic carbocycles. The molecule has 3 nitrogen and oxygen atoms in total. The molecule has 1 aromatic carbocycles. The number of carboxylic acids is 1. The lowest BCUT2D eigenvalue weighted by atomic mass is 10.0. The van der Waals surface area contributed by atoms with E-state index in [-0.39, 0.29) is 12.5 Å². The molecule has 1 atom stereocenters. The van der Waals surface area contributed by atoms with Crippen LogP contribution in [-0.4, -0.2) is 17.1 Å². The zero-order chi connectivity index (χ0) is 12.8. The van der Waals surface area contributed by atoms with Crippen LogP contribution in [0.15, 0.2) is 28.7 Å². The normalized spacial score (nSPS) is 12.7. The molecular formula is C13H18BrNO2. The van der Waals surface area contributed by atoms with Gasteiger partial charge in [0.05, 0.1) is 6.42 Å². The molecule has 0 radical (unpaired) electrons. The van der Waals surface area contributed by atoms with E-state index in [4.69, 9.17) is 5.11 Å². The van der Waals surface area contributed by atoms with Crippen molar-refractivity contribution in [3.63, 3.8) is 0 Å². The third-order valence-electron chi connectivity index (χ3n) is 2.68. The minimum Gasteiger partial charge on any atom is -0.481 e. The van der Waals surface area contributed by atoms with Gasteiger partial charge in [-0.25, -0.2) is 0 Å². The van der Waals surface area contributed by atoms with Gasteiger partial charge in [-0.15, -0.1) is 0 Å². The van der Waals surface area contributed by atoms with Crippen LogP contribution in [0.4, 0.5) is 0 Å². The first-order chi connectivity index (χ1) is 7.99. The first kappa shape index (κ1) is 14.2. The summed E-state index contributed by atoms with van der Waals surface area (Å²) in [6, 6.07) is 8.03. The Bertz CT molecular complexity index is 362. The fourth-order valence-corrected chi connectivity index (χ4v) is 1.85. The Morgan fingerprint density at radius 2 is 1.94 bits per heavy atom. The lowest BCUT2D eigenvalue weighted by molar-refractivity contribution is -0.137. The average molecular weight is 300 g/mol. The number of nitrogens with one attached hydrogen (secondary N) is 1. The number of carboxylic acid groups (broad SMARTS) is 1. The van der Waals surface area contributed by atoms with Crippen molar-refractivity contribution < 1.29 is 9.90 Å². The summed E-state index contributed by atoms with van der Waals surface area (Å²) in [7, 11) is 0. The summed E-state index contributed by atoms with van der Waals surface area (Å²) in [4.78, 5) is 10.7. The van der Waals surface area contributed by atoms with Crippen molar-refractivity contribution in [3.05, 3.63) is 34.3 Å². The van der Waals surface area contributed by atoms with Crippen molar-refractivity contribution in [3.8, 4) is 0 Å². The molecule has 0 aromatic heterocycles. The maximum atomic E-state index is 10.7. The molecule has 4 heteroatoms. The second-order valence-electron chi connectivity index (χ2n) is 4.46. The predicted molar refractivity (Wildman–Crippen MR) is 71.9 cm³/mol. The van der Waals surface area contributed by atoms with Crippen LogP contribution in [0.25, 0.3) is 0 Å². The molecule has 0 heterocycles. The van der Waals surface area contributed by atoms with Crippen LogP contribution in [0.3, 0.4) is 0 Å². The lowest BCUT2D eigenvalue weighted by Gasteiger charge is -2.20. The Labute approximate surface area is 110 Å². The molecule has 0 bridgehead atoms. The molecule has 0 unspecified atom stereocenters. The van der Waals surface area contributed by atoms with E-state index >= 15 is 0 Å². The van der Waals surface area contributed by atoms with Crippen LogP contribution in [-0.2, 0) is 11.3 Å². The number of aliphatic carboxylic acids is 1. The quantitative estimate of drug-likeness (QED) is 0.849. The molecule has 17 heavy (non-hydrogen) atoms. The van der Waals surface area contributed by atoms with E-state index in [1.807, 2.05) is 38.1 Å². The molecule has 94 valence electrons. The van der Waals surface area contributed by atoms with Crippen molar-refractivity contribution in [2.45, 2.75) is 32.9 Å². The Hall–Kier alpha value is -0.870. The minimum absolute atomic E-state index is 0.0103. The van der Waals surface area contributed by atoms with Crippen molar-refractivity contribution >= 4 is 21.9 Å². The maximum absolute atomic E-state index is 10.7. The van der Waals surface area contributed by atoms with Gasteiger partial charge in [0.1, 0.15) is 0 Å². The van der Waals surface area contributed by atoms with Gasteiger partial charge in [0, 0.05) is 17.1 Å². The number of hydrogen-bond donors (Lipinski definition) is 2. The van der Waals surface area contributed by atoms with Crippen LogP contribution in [0.1, 0.15) is 25.8 Å². The first-order valence-corrected chi connectivity index (χ1v) is 6.48. The highest BCUT2D eigenvalue weighted by Crippen LogP contribution is 2.12. The van der Waals surface area contributed by atoms with Gasteiger partial charge in [-0.05, 0) is 23.6 Å². The van der Waals surface area contributed by atoms with E-state index in [1.54, 1.807) is 0 Å². The second kappa shape index (κ2) is 6.77. The number of hydrogen-bond acceptors (Lipinski definition) is 2. The molecule has 0 aliphatic rings. The highest BCUT2D eigenvalue weighted by Gasteiger charge is 2.16. The second-order valence-corrected chi connectivity index (χ2v) is 5.37. The zero-order valence-corrected chi connectivity index (χ0v) is 11.7. The molecule has 0 saturated heterocycles. The lowest BCUT2D eigenvalue weighted by Crippen LogP contribution is -2.35. The molecular weight excluding hydrogens is 282 g/mol. The Balaban J connectivity index is 2.51. The molecule has 0 aliphatic heterocycles. The van der Waals surface area contributed by atoms with Gasteiger partial charge in [-0.2, -0.15) is 0 Å². The highest BCUT2D eigenvalue weighted by molar-refractivity contribution is 9.10. The average Bonchev–Trinajstić information content (AvgIpc) is 2.25. The fraction of sp³-hybridized carbons (Fsp3) is 0.462. The smallest absolute Gasteiger partial charge is 0.304 e. The summed E-state index contributed by atoms with van der Waals surface area (Å²) < 4.78 is 1.05. The number of rotatable bonds is 6. The molecule has 1 rings (SSSR count). The Kier molecular flexibility index (Phi) is 5.65. The summed E-state index contributed by atoms with van der Waals surface area (Å²) in [5.74, 6) is -0.450. The summed E-state index contributed by atoms with van der Waals surface area (Å²) in [6.45, 7) is 4.76. The molecule has 1 aromatic rings. The van der Waals surface area contributed by atoms with Gasteiger partial charge < -0.3 is 10.4 Å². The van der Waals surface area contributed by atoms with E-state index in [9.17, 15) is 4.79 Å². The van der Waals surface area contributed by atoms with Gasteiger partial charge in [-0.1, -0.05) is 41.9 Å². The standard InChI is InChI=1S/C13H18BrNO2/c1-9(2)12(7-13(16)17)15-8-10-3-5-11(14)6-4-10/h3-6,9,12,15H,7-8H2,1-2H3,(H,16,17)/t12-/m1/s1. The molecule has 0 fully saturated rings. The van der Waals surface area contributed by atoms with Crippen LogP contribution >= 0.6 is 15.9 Å².